The first-order chi connectivity index (χ1) is 18.0. The van der Waals surface area contributed by atoms with Gasteiger partial charge in [0.2, 0.25) is 18.2 Å². The summed E-state index contributed by atoms with van der Waals surface area (Å²) in [7, 11) is 0. The first kappa shape index (κ1) is 29.0. The minimum atomic E-state index is -0.770. The molecule has 0 bridgehead atoms. The van der Waals surface area contributed by atoms with E-state index in [-0.39, 0.29) is 24.5 Å². The fraction of sp³-hybridized carbons (Fsp3) is 0.520. The van der Waals surface area contributed by atoms with Gasteiger partial charge in [0.15, 0.2) is 0 Å². The average molecular weight is 511 g/mol. The third-order valence-electron chi connectivity index (χ3n) is 5.86. The Kier molecular flexibility index (Phi) is 12.3. The molecule has 0 spiro atoms. The number of aromatic nitrogens is 3. The van der Waals surface area contributed by atoms with Crippen LogP contribution in [0.2, 0.25) is 0 Å². The minimum Gasteiger partial charge on any atom is -0.247 e. The lowest BCUT2D eigenvalue weighted by molar-refractivity contribution is 0.452. The summed E-state index contributed by atoms with van der Waals surface area (Å²) in [6.45, 7) is 2.71. The molecule has 0 radical (unpaired) electrons. The molecule has 0 saturated heterocycles. The maximum absolute atomic E-state index is 13.3. The van der Waals surface area contributed by atoms with Gasteiger partial charge in [0.1, 0.15) is 0 Å². The van der Waals surface area contributed by atoms with Crippen molar-refractivity contribution in [3.8, 4) is 5.69 Å². The van der Waals surface area contributed by atoms with Crippen LogP contribution in [-0.4, -0.2) is 45.0 Å². The third kappa shape index (κ3) is 8.44. The zero-order valence-electron chi connectivity index (χ0n) is 20.9. The molecular weight excluding hydrogens is 480 g/mol. The van der Waals surface area contributed by atoms with Crippen molar-refractivity contribution in [1.82, 2.24) is 13.7 Å². The highest BCUT2D eigenvalue weighted by Crippen LogP contribution is 2.20. The lowest BCUT2D eigenvalue weighted by atomic mass is 10.2. The first-order valence-electron chi connectivity index (χ1n) is 12.2. The molecule has 0 saturated carbocycles. The van der Waals surface area contributed by atoms with E-state index < -0.39 is 17.1 Å². The van der Waals surface area contributed by atoms with Crippen molar-refractivity contribution in [2.24, 2.45) is 15.0 Å². The molecule has 0 N–H and O–H groups in total. The molecule has 0 aliphatic carbocycles. The van der Waals surface area contributed by atoms with Crippen molar-refractivity contribution >= 4 is 23.9 Å². The highest BCUT2D eigenvalue weighted by molar-refractivity contribution is 5.57. The van der Waals surface area contributed by atoms with Crippen LogP contribution in [0.3, 0.4) is 0 Å². The summed E-state index contributed by atoms with van der Waals surface area (Å²) >= 11 is 0. The molecule has 0 unspecified atom stereocenters. The van der Waals surface area contributed by atoms with Gasteiger partial charge in [-0.05, 0) is 50.3 Å². The third-order valence-corrected chi connectivity index (χ3v) is 5.86. The standard InChI is InChI=1S/C25H30N6O6/c1-20-10-11-21(16-22(20)28-19-34)31-24(36)29(14-8-4-2-6-12-26-17-32)23(35)30(25(31)37)15-9-5-3-7-13-27-18-33/h10-11,16H,2-9,12-15H2,1H3. The Morgan fingerprint density at radius 2 is 1.19 bits per heavy atom. The van der Waals surface area contributed by atoms with E-state index in [2.05, 4.69) is 15.0 Å². The lowest BCUT2D eigenvalue weighted by Gasteiger charge is -2.15. The van der Waals surface area contributed by atoms with Crippen LogP contribution in [0.1, 0.15) is 56.9 Å². The Labute approximate surface area is 212 Å². The van der Waals surface area contributed by atoms with Gasteiger partial charge in [-0.3, -0.25) is 0 Å². The summed E-state index contributed by atoms with van der Waals surface area (Å²) in [6, 6.07) is 4.62. The topological polar surface area (TPSA) is 154 Å². The molecule has 12 nitrogen and oxygen atoms in total. The number of rotatable bonds is 16. The second-order valence-electron chi connectivity index (χ2n) is 8.43. The molecular formula is C25H30N6O6. The van der Waals surface area contributed by atoms with Crippen LogP contribution >= 0.6 is 0 Å². The molecule has 12 heteroatoms. The molecule has 0 fully saturated rings. The second-order valence-corrected chi connectivity index (χ2v) is 8.43. The minimum absolute atomic E-state index is 0.115. The maximum atomic E-state index is 13.3. The van der Waals surface area contributed by atoms with Crippen LogP contribution in [-0.2, 0) is 27.5 Å². The zero-order chi connectivity index (χ0) is 27.0. The molecule has 2 aromatic rings. The highest BCUT2D eigenvalue weighted by Gasteiger charge is 2.17. The van der Waals surface area contributed by atoms with Gasteiger partial charge in [-0.25, -0.2) is 52.5 Å². The predicted molar refractivity (Wildman–Crippen MR) is 136 cm³/mol. The zero-order valence-corrected chi connectivity index (χ0v) is 20.9. The second kappa shape index (κ2) is 15.7. The Morgan fingerprint density at radius 1 is 0.676 bits per heavy atom. The average Bonchev–Trinajstić information content (AvgIpc) is 2.88. The molecule has 0 aliphatic heterocycles. The van der Waals surface area contributed by atoms with Gasteiger partial charge in [0, 0.05) is 13.1 Å². The number of unbranched alkanes of at least 4 members (excludes halogenated alkanes) is 6. The Bertz CT molecular complexity index is 1320. The van der Waals surface area contributed by atoms with Crippen LogP contribution in [0.25, 0.3) is 5.69 Å². The van der Waals surface area contributed by atoms with Crippen molar-refractivity contribution in [2.75, 3.05) is 13.1 Å². The maximum Gasteiger partial charge on any atom is 0.340 e. The van der Waals surface area contributed by atoms with E-state index in [1.165, 1.54) is 24.3 Å². The molecule has 1 aromatic heterocycles. The predicted octanol–water partition coefficient (Wildman–Crippen LogP) is 2.23. The monoisotopic (exact) mass is 510 g/mol. The van der Waals surface area contributed by atoms with Gasteiger partial charge in [0.25, 0.3) is 0 Å². The van der Waals surface area contributed by atoms with Gasteiger partial charge in [-0.15, -0.1) is 0 Å². The Hall–Kier alpha value is -4.23. The quantitative estimate of drug-likeness (QED) is 0.192. The van der Waals surface area contributed by atoms with Crippen LogP contribution in [0.4, 0.5) is 5.69 Å². The Balaban J connectivity index is 2.38. The molecule has 0 amide bonds. The van der Waals surface area contributed by atoms with Crippen molar-refractivity contribution in [3.63, 3.8) is 0 Å². The van der Waals surface area contributed by atoms with Crippen molar-refractivity contribution in [2.45, 2.75) is 71.4 Å². The molecule has 37 heavy (non-hydrogen) atoms. The molecule has 1 aromatic carbocycles. The van der Waals surface area contributed by atoms with Crippen LogP contribution in [0.15, 0.2) is 47.6 Å². The van der Waals surface area contributed by atoms with E-state index in [1.807, 2.05) is 0 Å². The molecule has 0 aliphatic rings. The van der Waals surface area contributed by atoms with Crippen molar-refractivity contribution < 1.29 is 14.4 Å². The summed E-state index contributed by atoms with van der Waals surface area (Å²) in [6.07, 6.45) is 9.77. The number of hydrogen-bond donors (Lipinski definition) is 0. The molecule has 2 rings (SSSR count). The summed E-state index contributed by atoms with van der Waals surface area (Å²) in [5.74, 6) is 0. The normalized spacial score (nSPS) is 10.3. The van der Waals surface area contributed by atoms with E-state index in [9.17, 15) is 28.8 Å². The van der Waals surface area contributed by atoms with E-state index in [0.717, 1.165) is 26.5 Å². The largest absolute Gasteiger partial charge is 0.340 e. The van der Waals surface area contributed by atoms with E-state index >= 15 is 0 Å². The fourth-order valence-corrected chi connectivity index (χ4v) is 3.86. The van der Waals surface area contributed by atoms with Crippen LogP contribution in [0.5, 0.6) is 0 Å². The van der Waals surface area contributed by atoms with Gasteiger partial charge < -0.3 is 0 Å². The Morgan fingerprint density at radius 3 is 1.68 bits per heavy atom. The smallest absolute Gasteiger partial charge is 0.247 e. The van der Waals surface area contributed by atoms with Gasteiger partial charge >= 0.3 is 17.1 Å². The summed E-state index contributed by atoms with van der Waals surface area (Å²) in [4.78, 5) is 81.5. The number of carbonyl (C=O) groups excluding carboxylic acids is 3. The van der Waals surface area contributed by atoms with Crippen molar-refractivity contribution in [3.05, 3.63) is 55.2 Å². The van der Waals surface area contributed by atoms with Crippen LogP contribution < -0.4 is 17.1 Å². The van der Waals surface area contributed by atoms with Gasteiger partial charge in [-0.2, -0.15) is 4.99 Å². The van der Waals surface area contributed by atoms with Crippen molar-refractivity contribution in [1.29, 1.82) is 0 Å². The fourth-order valence-electron chi connectivity index (χ4n) is 3.86. The summed E-state index contributed by atoms with van der Waals surface area (Å²) < 4.78 is 3.01. The SMILES string of the molecule is Cc1ccc(-n2c(=O)n(CCCCCCN=C=O)c(=O)n(CCCCCCN=C=O)c2=O)cc1N=C=O. The first-order valence-corrected chi connectivity index (χ1v) is 12.2. The number of benzene rings is 1. The van der Waals surface area contributed by atoms with E-state index in [0.29, 0.717) is 57.2 Å². The summed E-state index contributed by atoms with van der Waals surface area (Å²) in [5.41, 5.74) is -1.11. The number of aryl methyl sites for hydroxylation is 1. The van der Waals surface area contributed by atoms with E-state index in [4.69, 9.17) is 0 Å². The number of aliphatic imine (C=N–C) groups is 3. The summed E-state index contributed by atoms with van der Waals surface area (Å²) in [5, 5.41) is 0. The molecule has 1 heterocycles. The van der Waals surface area contributed by atoms with Gasteiger partial charge in [-0.1, -0.05) is 31.7 Å². The molecule has 0 atom stereocenters. The van der Waals surface area contributed by atoms with Crippen LogP contribution in [0, 0.1) is 6.92 Å². The lowest BCUT2D eigenvalue weighted by Crippen LogP contribution is -2.54. The molecule has 196 valence electrons. The van der Waals surface area contributed by atoms with Gasteiger partial charge in [0.05, 0.1) is 24.5 Å². The number of isocyanates is 3. The number of hydrogen-bond acceptors (Lipinski definition) is 9. The highest BCUT2D eigenvalue weighted by atomic mass is 16.2. The van der Waals surface area contributed by atoms with E-state index in [1.54, 1.807) is 19.1 Å². The number of nitrogens with zero attached hydrogens (tertiary/aromatic N) is 6.